The van der Waals surface area contributed by atoms with Gasteiger partial charge in [0.15, 0.2) is 5.78 Å². The van der Waals surface area contributed by atoms with Crippen molar-refractivity contribution in [2.45, 2.75) is 6.04 Å². The Labute approximate surface area is 158 Å². The van der Waals surface area contributed by atoms with Gasteiger partial charge in [-0.05, 0) is 43.9 Å². The first-order valence-electron chi connectivity index (χ1n) is 7.92. The van der Waals surface area contributed by atoms with Crippen LogP contribution in [0.25, 0.3) is 0 Å². The Hall–Kier alpha value is -1.59. The molecule has 0 bridgehead atoms. The van der Waals surface area contributed by atoms with E-state index in [-0.39, 0.29) is 18.4 Å². The number of ether oxygens (including phenoxy) is 1. The Morgan fingerprint density at radius 3 is 2.48 bits per heavy atom. The molecule has 0 aliphatic heterocycles. The van der Waals surface area contributed by atoms with E-state index in [0.29, 0.717) is 22.9 Å². The van der Waals surface area contributed by atoms with E-state index in [9.17, 15) is 4.79 Å². The van der Waals surface area contributed by atoms with Crippen molar-refractivity contribution in [2.75, 3.05) is 34.3 Å². The van der Waals surface area contributed by atoms with Gasteiger partial charge in [-0.1, -0.05) is 41.4 Å². The summed E-state index contributed by atoms with van der Waals surface area (Å²) in [7, 11) is 5.52. The minimum atomic E-state index is -0.0267. The van der Waals surface area contributed by atoms with Crippen LogP contribution in [0.1, 0.15) is 22.0 Å². The topological polar surface area (TPSA) is 41.6 Å². The molecular formula is C19H22Cl2N2O2. The van der Waals surface area contributed by atoms with E-state index in [1.54, 1.807) is 25.3 Å². The lowest BCUT2D eigenvalue weighted by atomic mass is 10.1. The summed E-state index contributed by atoms with van der Waals surface area (Å²) in [6.07, 6.45) is 0. The molecule has 0 saturated carbocycles. The number of nitrogens with zero attached hydrogens (tertiary/aromatic N) is 1. The van der Waals surface area contributed by atoms with Crippen molar-refractivity contribution in [2.24, 2.45) is 0 Å². The maximum atomic E-state index is 12.3. The van der Waals surface area contributed by atoms with E-state index in [2.05, 4.69) is 10.2 Å². The van der Waals surface area contributed by atoms with Crippen LogP contribution >= 0.6 is 23.2 Å². The first-order valence-corrected chi connectivity index (χ1v) is 8.68. The van der Waals surface area contributed by atoms with Crippen LogP contribution in [0.2, 0.25) is 10.0 Å². The fourth-order valence-electron chi connectivity index (χ4n) is 2.58. The Morgan fingerprint density at radius 2 is 1.88 bits per heavy atom. The Kier molecular flexibility index (Phi) is 7.26. The lowest BCUT2D eigenvalue weighted by molar-refractivity contribution is 0.0988. The molecule has 0 aliphatic carbocycles. The summed E-state index contributed by atoms with van der Waals surface area (Å²) in [5, 5.41) is 4.36. The molecule has 0 spiro atoms. The van der Waals surface area contributed by atoms with Crippen molar-refractivity contribution in [3.05, 3.63) is 63.6 Å². The number of hydrogen-bond acceptors (Lipinski definition) is 4. The lowest BCUT2D eigenvalue weighted by Crippen LogP contribution is -2.34. The number of benzene rings is 2. The van der Waals surface area contributed by atoms with Gasteiger partial charge in [0, 0.05) is 23.2 Å². The van der Waals surface area contributed by atoms with E-state index >= 15 is 0 Å². The Morgan fingerprint density at radius 1 is 1.16 bits per heavy atom. The van der Waals surface area contributed by atoms with Gasteiger partial charge in [-0.25, -0.2) is 0 Å². The van der Waals surface area contributed by atoms with Crippen LogP contribution < -0.4 is 10.1 Å². The van der Waals surface area contributed by atoms with E-state index < -0.39 is 0 Å². The summed E-state index contributed by atoms with van der Waals surface area (Å²) in [5.41, 5.74) is 1.58. The SMILES string of the molecule is COc1ccc(C(=O)CNCC(c2ccccc2Cl)N(C)C)cc1Cl. The van der Waals surface area contributed by atoms with Crippen LogP contribution in [-0.2, 0) is 0 Å². The molecule has 0 saturated heterocycles. The zero-order valence-corrected chi connectivity index (χ0v) is 16.1. The van der Waals surface area contributed by atoms with Crippen molar-refractivity contribution in [1.29, 1.82) is 0 Å². The lowest BCUT2D eigenvalue weighted by Gasteiger charge is -2.26. The van der Waals surface area contributed by atoms with Crippen LogP contribution in [0.4, 0.5) is 0 Å². The first-order chi connectivity index (χ1) is 11.9. The number of halogens is 2. The molecule has 2 aromatic rings. The number of likely N-dealkylation sites (N-methyl/N-ethyl adjacent to an activating group) is 1. The molecule has 0 aromatic heterocycles. The second-order valence-electron chi connectivity index (χ2n) is 5.90. The average Bonchev–Trinajstić information content (AvgIpc) is 2.59. The molecular weight excluding hydrogens is 359 g/mol. The number of Topliss-reactive ketones (excluding diaryl/α,β-unsaturated/α-hetero) is 1. The number of carbonyl (C=O) groups excluding carboxylic acids is 1. The third-order valence-electron chi connectivity index (χ3n) is 3.98. The molecule has 4 nitrogen and oxygen atoms in total. The van der Waals surface area contributed by atoms with Crippen LogP contribution in [0.3, 0.4) is 0 Å². The van der Waals surface area contributed by atoms with E-state index in [1.165, 1.54) is 0 Å². The van der Waals surface area contributed by atoms with Gasteiger partial charge in [0.2, 0.25) is 0 Å². The summed E-state index contributed by atoms with van der Waals surface area (Å²) in [5.74, 6) is 0.527. The van der Waals surface area contributed by atoms with E-state index in [0.717, 1.165) is 10.6 Å². The van der Waals surface area contributed by atoms with Gasteiger partial charge >= 0.3 is 0 Å². The third-order valence-corrected chi connectivity index (χ3v) is 4.62. The van der Waals surface area contributed by atoms with Gasteiger partial charge in [-0.3, -0.25) is 4.79 Å². The van der Waals surface area contributed by atoms with E-state index in [4.69, 9.17) is 27.9 Å². The van der Waals surface area contributed by atoms with Gasteiger partial charge in [0.1, 0.15) is 5.75 Å². The molecule has 0 aliphatic rings. The second kappa shape index (κ2) is 9.20. The summed E-state index contributed by atoms with van der Waals surface area (Å²) in [4.78, 5) is 14.4. The molecule has 0 radical (unpaired) electrons. The van der Waals surface area contributed by atoms with Gasteiger partial charge in [0.25, 0.3) is 0 Å². The van der Waals surface area contributed by atoms with Gasteiger partial charge in [0.05, 0.1) is 18.7 Å². The Balaban J connectivity index is 1.99. The average molecular weight is 381 g/mol. The number of ketones is 1. The molecule has 0 fully saturated rings. The minimum absolute atomic E-state index is 0.0267. The highest BCUT2D eigenvalue weighted by molar-refractivity contribution is 6.32. The number of hydrogen-bond donors (Lipinski definition) is 1. The minimum Gasteiger partial charge on any atom is -0.495 e. The van der Waals surface area contributed by atoms with Crippen molar-refractivity contribution in [3.8, 4) is 5.75 Å². The maximum absolute atomic E-state index is 12.3. The van der Waals surface area contributed by atoms with Gasteiger partial charge < -0.3 is 15.0 Å². The van der Waals surface area contributed by atoms with Crippen molar-refractivity contribution < 1.29 is 9.53 Å². The Bertz CT molecular complexity index is 735. The number of nitrogens with one attached hydrogen (secondary N) is 1. The van der Waals surface area contributed by atoms with Crippen LogP contribution in [0, 0.1) is 0 Å². The number of carbonyl (C=O) groups is 1. The largest absolute Gasteiger partial charge is 0.495 e. The van der Waals surface area contributed by atoms with E-state index in [1.807, 2.05) is 38.4 Å². The van der Waals surface area contributed by atoms with Crippen LogP contribution in [-0.4, -0.2) is 45.0 Å². The summed E-state index contributed by atoms with van der Waals surface area (Å²) in [6, 6.07) is 12.8. The molecule has 1 atom stereocenters. The first kappa shape index (κ1) is 19.7. The molecule has 1 unspecified atom stereocenters. The second-order valence-corrected chi connectivity index (χ2v) is 6.72. The van der Waals surface area contributed by atoms with Crippen LogP contribution in [0.5, 0.6) is 5.75 Å². The predicted molar refractivity (Wildman–Crippen MR) is 103 cm³/mol. The highest BCUT2D eigenvalue weighted by atomic mass is 35.5. The highest BCUT2D eigenvalue weighted by Gasteiger charge is 2.17. The smallest absolute Gasteiger partial charge is 0.176 e. The molecule has 0 amide bonds. The molecule has 2 rings (SSSR count). The predicted octanol–water partition coefficient (Wildman–Crippen LogP) is 4.08. The zero-order valence-electron chi connectivity index (χ0n) is 14.6. The molecule has 0 heterocycles. The maximum Gasteiger partial charge on any atom is 0.176 e. The van der Waals surface area contributed by atoms with Crippen molar-refractivity contribution >= 4 is 29.0 Å². The number of methoxy groups -OCH3 is 1. The highest BCUT2D eigenvalue weighted by Crippen LogP contribution is 2.26. The van der Waals surface area contributed by atoms with Crippen molar-refractivity contribution in [1.82, 2.24) is 10.2 Å². The quantitative estimate of drug-likeness (QED) is 0.700. The van der Waals surface area contributed by atoms with Crippen LogP contribution in [0.15, 0.2) is 42.5 Å². The monoisotopic (exact) mass is 380 g/mol. The molecule has 25 heavy (non-hydrogen) atoms. The zero-order chi connectivity index (χ0) is 18.4. The van der Waals surface area contributed by atoms with Gasteiger partial charge in [-0.15, -0.1) is 0 Å². The normalized spacial score (nSPS) is 12.2. The molecule has 2 aromatic carbocycles. The van der Waals surface area contributed by atoms with Gasteiger partial charge in [-0.2, -0.15) is 0 Å². The molecule has 1 N–H and O–H groups in total. The standard InChI is InChI=1S/C19H22Cl2N2O2/c1-23(2)17(14-6-4-5-7-15(14)20)11-22-12-18(24)13-8-9-19(25-3)16(21)10-13/h4-10,17,22H,11-12H2,1-3H3. The molecule has 6 heteroatoms. The summed E-state index contributed by atoms with van der Waals surface area (Å²) < 4.78 is 5.10. The van der Waals surface area contributed by atoms with Crippen molar-refractivity contribution in [3.63, 3.8) is 0 Å². The fraction of sp³-hybridized carbons (Fsp3) is 0.316. The summed E-state index contributed by atoms with van der Waals surface area (Å²) >= 11 is 12.4. The number of rotatable bonds is 8. The molecule has 134 valence electrons. The third kappa shape index (κ3) is 5.19. The summed E-state index contributed by atoms with van der Waals surface area (Å²) in [6.45, 7) is 0.823. The fourth-order valence-corrected chi connectivity index (χ4v) is 3.10.